The Morgan fingerprint density at radius 3 is 3.00 bits per heavy atom. The minimum absolute atomic E-state index is 0.753. The first-order valence-electron chi connectivity index (χ1n) is 5.96. The van der Waals surface area contributed by atoms with Gasteiger partial charge in [0, 0.05) is 36.9 Å². The topological polar surface area (TPSA) is 43.0 Å². The van der Waals surface area contributed by atoms with Crippen molar-refractivity contribution in [3.05, 3.63) is 54.3 Å². The minimum atomic E-state index is 0.753. The molecule has 1 aromatic carbocycles. The first kappa shape index (κ1) is 11.0. The Bertz CT molecular complexity index is 654. The molecular weight excluding hydrogens is 226 g/mol. The summed E-state index contributed by atoms with van der Waals surface area (Å²) in [5.74, 6) is 1.03. The quantitative estimate of drug-likeness (QED) is 0.763. The third-order valence-corrected chi connectivity index (χ3v) is 3.08. The predicted molar refractivity (Wildman–Crippen MR) is 70.0 cm³/mol. The van der Waals surface area contributed by atoms with Crippen LogP contribution in [0.4, 0.5) is 0 Å². The van der Waals surface area contributed by atoms with Gasteiger partial charge in [-0.3, -0.25) is 0 Å². The van der Waals surface area contributed by atoms with Crippen molar-refractivity contribution in [2.45, 2.75) is 13.1 Å². The van der Waals surface area contributed by atoms with E-state index in [-0.39, 0.29) is 0 Å². The lowest BCUT2D eigenvalue weighted by molar-refractivity contribution is 0.595. The minimum Gasteiger partial charge on any atom is -0.464 e. The Labute approximate surface area is 105 Å². The number of nitrogens with one attached hydrogen (secondary N) is 1. The second-order valence-corrected chi connectivity index (χ2v) is 4.32. The molecule has 0 bridgehead atoms. The third kappa shape index (κ3) is 2.02. The number of para-hydroxylation sites is 1. The van der Waals surface area contributed by atoms with Gasteiger partial charge in [-0.15, -0.1) is 0 Å². The van der Waals surface area contributed by atoms with Crippen molar-refractivity contribution < 1.29 is 4.42 Å². The van der Waals surface area contributed by atoms with E-state index in [0.29, 0.717) is 0 Å². The Balaban J connectivity index is 1.68. The summed E-state index contributed by atoms with van der Waals surface area (Å²) in [5.41, 5.74) is 2.12. The zero-order valence-corrected chi connectivity index (χ0v) is 10.3. The molecule has 0 unspecified atom stereocenters. The normalized spacial score (nSPS) is 11.2. The van der Waals surface area contributed by atoms with Gasteiger partial charge in [0.2, 0.25) is 0 Å². The highest BCUT2D eigenvalue weighted by molar-refractivity contribution is 5.80. The van der Waals surface area contributed by atoms with E-state index in [9.17, 15) is 0 Å². The predicted octanol–water partition coefficient (Wildman–Crippen LogP) is 2.46. The zero-order valence-electron chi connectivity index (χ0n) is 10.3. The average Bonchev–Trinajstić information content (AvgIpc) is 2.97. The first-order valence-corrected chi connectivity index (χ1v) is 5.96. The number of nitrogens with zero attached hydrogens (tertiary/aromatic N) is 2. The molecule has 2 heterocycles. The maximum atomic E-state index is 5.50. The standard InChI is InChI=1S/C14H15N3O/c1-17-7-6-16-14(17)9-15-8-11-10-18-13-5-3-2-4-12(11)13/h2-7,10,15H,8-9H2,1H3. The van der Waals surface area contributed by atoms with Gasteiger partial charge in [0.15, 0.2) is 0 Å². The van der Waals surface area contributed by atoms with Crippen molar-refractivity contribution in [3.8, 4) is 0 Å². The van der Waals surface area contributed by atoms with Crippen LogP contribution in [0.2, 0.25) is 0 Å². The van der Waals surface area contributed by atoms with E-state index in [2.05, 4.69) is 16.4 Å². The van der Waals surface area contributed by atoms with Crippen LogP contribution in [-0.2, 0) is 20.1 Å². The van der Waals surface area contributed by atoms with Crippen LogP contribution in [0.3, 0.4) is 0 Å². The lowest BCUT2D eigenvalue weighted by Crippen LogP contribution is -2.15. The Morgan fingerprint density at radius 2 is 2.17 bits per heavy atom. The van der Waals surface area contributed by atoms with Gasteiger partial charge in [-0.05, 0) is 6.07 Å². The van der Waals surface area contributed by atoms with E-state index in [4.69, 9.17) is 4.42 Å². The summed E-state index contributed by atoms with van der Waals surface area (Å²) in [7, 11) is 2.00. The molecule has 18 heavy (non-hydrogen) atoms. The summed E-state index contributed by atoms with van der Waals surface area (Å²) in [6.45, 7) is 1.53. The highest BCUT2D eigenvalue weighted by Gasteiger charge is 2.05. The van der Waals surface area contributed by atoms with E-state index in [1.165, 1.54) is 10.9 Å². The number of aromatic nitrogens is 2. The fourth-order valence-electron chi connectivity index (χ4n) is 2.05. The van der Waals surface area contributed by atoms with Crippen LogP contribution in [0.25, 0.3) is 11.0 Å². The van der Waals surface area contributed by atoms with E-state index < -0.39 is 0 Å². The van der Waals surface area contributed by atoms with Gasteiger partial charge in [0.25, 0.3) is 0 Å². The SMILES string of the molecule is Cn1ccnc1CNCc1coc2ccccc12. The van der Waals surface area contributed by atoms with Crippen molar-refractivity contribution in [2.75, 3.05) is 0 Å². The van der Waals surface area contributed by atoms with Gasteiger partial charge in [-0.1, -0.05) is 18.2 Å². The molecule has 0 fully saturated rings. The van der Waals surface area contributed by atoms with Crippen LogP contribution in [-0.4, -0.2) is 9.55 Å². The molecular formula is C14H15N3O. The van der Waals surface area contributed by atoms with Crippen molar-refractivity contribution in [1.82, 2.24) is 14.9 Å². The van der Waals surface area contributed by atoms with Gasteiger partial charge in [-0.25, -0.2) is 4.98 Å². The molecule has 3 aromatic rings. The molecule has 4 heteroatoms. The lowest BCUT2D eigenvalue weighted by atomic mass is 10.2. The average molecular weight is 241 g/mol. The summed E-state index contributed by atoms with van der Waals surface area (Å²) >= 11 is 0. The van der Waals surface area contributed by atoms with Crippen molar-refractivity contribution in [3.63, 3.8) is 0 Å². The second kappa shape index (κ2) is 4.66. The molecule has 0 saturated heterocycles. The number of benzene rings is 1. The fourth-order valence-corrected chi connectivity index (χ4v) is 2.05. The van der Waals surface area contributed by atoms with E-state index in [1.807, 2.05) is 48.5 Å². The highest BCUT2D eigenvalue weighted by atomic mass is 16.3. The van der Waals surface area contributed by atoms with Crippen LogP contribution in [0, 0.1) is 0 Å². The third-order valence-electron chi connectivity index (χ3n) is 3.08. The number of aryl methyl sites for hydroxylation is 1. The van der Waals surface area contributed by atoms with Gasteiger partial charge >= 0.3 is 0 Å². The fraction of sp³-hybridized carbons (Fsp3) is 0.214. The molecule has 0 spiro atoms. The van der Waals surface area contributed by atoms with Crippen LogP contribution in [0.5, 0.6) is 0 Å². The van der Waals surface area contributed by atoms with Gasteiger partial charge in [0.1, 0.15) is 11.4 Å². The van der Waals surface area contributed by atoms with Crippen LogP contribution in [0.1, 0.15) is 11.4 Å². The second-order valence-electron chi connectivity index (χ2n) is 4.32. The summed E-state index contributed by atoms with van der Waals surface area (Å²) < 4.78 is 7.51. The molecule has 0 amide bonds. The van der Waals surface area contributed by atoms with Crippen molar-refractivity contribution in [1.29, 1.82) is 0 Å². The molecule has 0 aliphatic rings. The Kier molecular flexibility index (Phi) is 2.86. The lowest BCUT2D eigenvalue weighted by Gasteiger charge is -2.03. The van der Waals surface area contributed by atoms with Crippen molar-refractivity contribution in [2.24, 2.45) is 7.05 Å². The summed E-state index contributed by atoms with van der Waals surface area (Å²) in [4.78, 5) is 4.27. The molecule has 3 rings (SSSR count). The molecule has 0 saturated carbocycles. The first-order chi connectivity index (χ1) is 8.84. The van der Waals surface area contributed by atoms with Gasteiger partial charge < -0.3 is 14.3 Å². The molecule has 0 aliphatic heterocycles. The summed E-state index contributed by atoms with van der Waals surface area (Å²) in [5, 5.41) is 4.55. The molecule has 2 aromatic heterocycles. The highest BCUT2D eigenvalue weighted by Crippen LogP contribution is 2.20. The molecule has 0 radical (unpaired) electrons. The maximum Gasteiger partial charge on any atom is 0.134 e. The largest absolute Gasteiger partial charge is 0.464 e. The van der Waals surface area contributed by atoms with Crippen LogP contribution < -0.4 is 5.32 Å². The zero-order chi connectivity index (χ0) is 12.4. The van der Waals surface area contributed by atoms with E-state index in [1.54, 1.807) is 0 Å². The van der Waals surface area contributed by atoms with E-state index >= 15 is 0 Å². The Morgan fingerprint density at radius 1 is 1.28 bits per heavy atom. The van der Waals surface area contributed by atoms with Crippen LogP contribution in [0.15, 0.2) is 47.3 Å². The molecule has 92 valence electrons. The number of rotatable bonds is 4. The monoisotopic (exact) mass is 241 g/mol. The molecule has 0 aliphatic carbocycles. The number of fused-ring (bicyclic) bond motifs is 1. The molecule has 4 nitrogen and oxygen atoms in total. The Hall–Kier alpha value is -2.07. The summed E-state index contributed by atoms with van der Waals surface area (Å²) in [6.07, 6.45) is 5.57. The number of imidazole rings is 1. The summed E-state index contributed by atoms with van der Waals surface area (Å²) in [6, 6.07) is 8.07. The molecule has 1 N–H and O–H groups in total. The van der Waals surface area contributed by atoms with Crippen molar-refractivity contribution >= 4 is 11.0 Å². The van der Waals surface area contributed by atoms with Gasteiger partial charge in [-0.2, -0.15) is 0 Å². The van der Waals surface area contributed by atoms with Crippen LogP contribution >= 0.6 is 0 Å². The smallest absolute Gasteiger partial charge is 0.134 e. The number of hydrogen-bond acceptors (Lipinski definition) is 3. The molecule has 0 atom stereocenters. The maximum absolute atomic E-state index is 5.50. The van der Waals surface area contributed by atoms with E-state index in [0.717, 1.165) is 24.5 Å². The van der Waals surface area contributed by atoms with Gasteiger partial charge in [0.05, 0.1) is 12.8 Å². The number of furan rings is 1. The number of hydrogen-bond donors (Lipinski definition) is 1.